The van der Waals surface area contributed by atoms with Gasteiger partial charge in [0.15, 0.2) is 0 Å². The van der Waals surface area contributed by atoms with Gasteiger partial charge in [0.1, 0.15) is 5.82 Å². The average Bonchev–Trinajstić information content (AvgIpc) is 2.85. The fraction of sp³-hybridized carbons (Fsp3) is 0.263. The van der Waals surface area contributed by atoms with Gasteiger partial charge in [-0.1, -0.05) is 11.6 Å². The fourth-order valence-electron chi connectivity index (χ4n) is 3.56. The van der Waals surface area contributed by atoms with Crippen molar-refractivity contribution < 1.29 is 22.3 Å². The number of rotatable bonds is 2. The molecule has 1 N–H and O–H groups in total. The molecule has 0 radical (unpaired) electrons. The zero-order chi connectivity index (χ0) is 21.8. The second kappa shape index (κ2) is 7.44. The lowest BCUT2D eigenvalue weighted by molar-refractivity contribution is -0.137. The van der Waals surface area contributed by atoms with E-state index in [0.717, 1.165) is 18.2 Å². The van der Waals surface area contributed by atoms with Gasteiger partial charge in [0.05, 0.1) is 34.1 Å². The van der Waals surface area contributed by atoms with Gasteiger partial charge in [-0.25, -0.2) is 9.18 Å². The Morgan fingerprint density at radius 2 is 1.97 bits per heavy atom. The summed E-state index contributed by atoms with van der Waals surface area (Å²) >= 11 is 5.92. The van der Waals surface area contributed by atoms with Crippen molar-refractivity contribution >= 4 is 33.4 Å². The Labute approximate surface area is 174 Å². The molecule has 30 heavy (non-hydrogen) atoms. The van der Waals surface area contributed by atoms with E-state index in [1.165, 1.54) is 23.8 Å². The first-order valence-corrected chi connectivity index (χ1v) is 10.6. The Morgan fingerprint density at radius 1 is 1.23 bits per heavy atom. The highest BCUT2D eigenvalue weighted by Crippen LogP contribution is 2.51. The van der Waals surface area contributed by atoms with E-state index in [-0.39, 0.29) is 33.1 Å². The Morgan fingerprint density at radius 3 is 2.60 bits per heavy atom. The molecule has 2 aromatic carbocycles. The molecule has 1 aliphatic heterocycles. The number of H-pyrrole nitrogens is 1. The van der Waals surface area contributed by atoms with Crippen LogP contribution in [0.15, 0.2) is 49.7 Å². The molecule has 3 aromatic rings. The molecule has 11 heteroatoms. The normalized spacial score (nSPS) is 20.3. The molecule has 1 unspecified atom stereocenters. The quantitative estimate of drug-likeness (QED) is 0.448. The summed E-state index contributed by atoms with van der Waals surface area (Å²) in [4.78, 5) is 27.7. The molecule has 0 aliphatic carbocycles. The number of alkyl halides is 3. The van der Waals surface area contributed by atoms with E-state index in [4.69, 9.17) is 16.3 Å². The third kappa shape index (κ3) is 3.52. The van der Waals surface area contributed by atoms with E-state index in [2.05, 4.69) is 4.98 Å². The van der Waals surface area contributed by atoms with Crippen molar-refractivity contribution in [2.75, 3.05) is 12.9 Å². The number of aromatic amines is 1. The molecule has 0 saturated heterocycles. The van der Waals surface area contributed by atoms with E-state index in [0.29, 0.717) is 4.90 Å². The van der Waals surface area contributed by atoms with E-state index in [9.17, 15) is 27.2 Å². The smallest absolute Gasteiger partial charge is 0.379 e. The lowest BCUT2D eigenvalue weighted by atomic mass is 10.1. The van der Waals surface area contributed by atoms with Gasteiger partial charge in [-0.3, -0.25) is 14.3 Å². The number of nitrogens with zero attached hydrogens (tertiary/aromatic N) is 1. The molecule has 2 atom stereocenters. The highest BCUT2D eigenvalue weighted by Gasteiger charge is 2.35. The lowest BCUT2D eigenvalue weighted by Crippen LogP contribution is -2.34. The van der Waals surface area contributed by atoms with Crippen molar-refractivity contribution in [3.8, 4) is 0 Å². The molecule has 160 valence electrons. The zero-order valence-electron chi connectivity index (χ0n) is 15.4. The summed E-state index contributed by atoms with van der Waals surface area (Å²) in [6, 6.07) is 5.65. The highest BCUT2D eigenvalue weighted by molar-refractivity contribution is 8.17. The predicted molar refractivity (Wildman–Crippen MR) is 106 cm³/mol. The first-order chi connectivity index (χ1) is 14.1. The van der Waals surface area contributed by atoms with Crippen molar-refractivity contribution in [3.05, 3.63) is 67.6 Å². The minimum atomic E-state index is -4.70. The van der Waals surface area contributed by atoms with Crippen LogP contribution in [-0.4, -0.2) is 28.5 Å². The third-order valence-corrected chi connectivity index (χ3v) is 7.89. The number of aromatic nitrogens is 2. The van der Waals surface area contributed by atoms with Gasteiger partial charge in [-0.15, -0.1) is 0 Å². The Bertz CT molecular complexity index is 1270. The number of halogens is 5. The Kier molecular flexibility index (Phi) is 5.19. The Hall–Kier alpha value is -2.30. The van der Waals surface area contributed by atoms with Crippen molar-refractivity contribution in [3.63, 3.8) is 0 Å². The second-order valence-corrected chi connectivity index (χ2v) is 9.45. The number of hydrogen-bond donors (Lipinski definition) is 2. The molecule has 0 saturated carbocycles. The number of methoxy groups -OCH3 is 1. The van der Waals surface area contributed by atoms with Crippen LogP contribution in [0, 0.1) is 5.82 Å². The molecular weight excluding hydrogens is 448 g/mol. The van der Waals surface area contributed by atoms with Crippen LogP contribution < -0.4 is 11.2 Å². The maximum atomic E-state index is 13.7. The van der Waals surface area contributed by atoms with E-state index in [1.807, 2.05) is 0 Å². The van der Waals surface area contributed by atoms with Crippen molar-refractivity contribution in [2.45, 2.75) is 28.6 Å². The van der Waals surface area contributed by atoms with Crippen LogP contribution in [-0.2, 0) is 17.5 Å². The minimum absolute atomic E-state index is 0.0503. The summed E-state index contributed by atoms with van der Waals surface area (Å²) in [6.07, 6.45) is -5.22. The Balaban J connectivity index is 2.12. The van der Waals surface area contributed by atoms with Gasteiger partial charge in [-0.2, -0.15) is 24.1 Å². The second-order valence-electron chi connectivity index (χ2n) is 6.83. The summed E-state index contributed by atoms with van der Waals surface area (Å²) in [5.41, 5.74) is -2.51. The molecule has 4 rings (SSSR count). The van der Waals surface area contributed by atoms with Crippen molar-refractivity contribution in [2.24, 2.45) is 0 Å². The number of benzene rings is 2. The highest BCUT2D eigenvalue weighted by atomic mass is 35.5. The van der Waals surface area contributed by atoms with Crippen LogP contribution >= 0.6 is 22.5 Å². The van der Waals surface area contributed by atoms with Crippen LogP contribution in [0.1, 0.15) is 5.56 Å². The average molecular weight is 463 g/mol. The van der Waals surface area contributed by atoms with Gasteiger partial charge in [0.25, 0.3) is 5.56 Å². The molecular formula is C19H15ClF4N2O3S. The minimum Gasteiger partial charge on any atom is -0.379 e. The lowest BCUT2D eigenvalue weighted by Gasteiger charge is -2.25. The molecule has 0 fully saturated rings. The van der Waals surface area contributed by atoms with E-state index < -0.39 is 45.8 Å². The molecule has 1 aliphatic rings. The number of ether oxygens (including phenoxy) is 1. The van der Waals surface area contributed by atoms with Gasteiger partial charge in [0, 0.05) is 17.8 Å². The SMILES string of the molecule is CO[C@H]1Cn2c(=O)[nH]c(=O)c3cc(C(F)(F)F)cc(c32)[SH](c2ccc(F)c(Cl)c2)C1. The van der Waals surface area contributed by atoms with Crippen LogP contribution in [0.5, 0.6) is 0 Å². The van der Waals surface area contributed by atoms with E-state index >= 15 is 0 Å². The first kappa shape index (κ1) is 21.0. The van der Waals surface area contributed by atoms with Crippen LogP contribution in [0.3, 0.4) is 0 Å². The first-order valence-electron chi connectivity index (χ1n) is 8.73. The van der Waals surface area contributed by atoms with Gasteiger partial charge in [0.2, 0.25) is 0 Å². The monoisotopic (exact) mass is 462 g/mol. The predicted octanol–water partition coefficient (Wildman–Crippen LogP) is 3.95. The van der Waals surface area contributed by atoms with Crippen LogP contribution in [0.4, 0.5) is 17.6 Å². The maximum Gasteiger partial charge on any atom is 0.416 e. The molecule has 1 aromatic heterocycles. The maximum absolute atomic E-state index is 13.7. The molecule has 0 amide bonds. The molecule has 0 spiro atoms. The standard InChI is InChI=1S/C19H15ClF4N2O3S/c1-29-10-7-26-16-12(17(27)25-18(26)28)4-9(19(22,23)24)5-15(16)30(8-10)11-2-3-14(21)13(20)6-11/h2-6,10,30H,7-8H2,1H3,(H,25,27,28)/t10-/m0/s1. The number of hydrogen-bond acceptors (Lipinski definition) is 3. The summed E-state index contributed by atoms with van der Waals surface area (Å²) in [5.74, 6) is -0.393. The summed E-state index contributed by atoms with van der Waals surface area (Å²) < 4.78 is 61.1. The number of thiol groups is 1. The fourth-order valence-corrected chi connectivity index (χ4v) is 6.51. The summed E-state index contributed by atoms with van der Waals surface area (Å²) in [7, 11) is -0.118. The third-order valence-electron chi connectivity index (χ3n) is 5.01. The molecule has 2 heterocycles. The van der Waals surface area contributed by atoms with Crippen LogP contribution in [0.25, 0.3) is 10.9 Å². The van der Waals surface area contributed by atoms with Crippen molar-refractivity contribution in [1.82, 2.24) is 9.55 Å². The summed E-state index contributed by atoms with van der Waals surface area (Å²) in [6.45, 7) is 0.0503. The summed E-state index contributed by atoms with van der Waals surface area (Å²) in [5, 5.41) is -0.406. The molecule has 5 nitrogen and oxygen atoms in total. The topological polar surface area (TPSA) is 64.1 Å². The van der Waals surface area contributed by atoms with Gasteiger partial charge in [-0.05, 0) is 35.2 Å². The van der Waals surface area contributed by atoms with Crippen LogP contribution in [0.2, 0.25) is 5.02 Å². The number of nitrogens with one attached hydrogen (secondary N) is 1. The van der Waals surface area contributed by atoms with E-state index in [1.54, 1.807) is 0 Å². The molecule has 0 bridgehead atoms. The van der Waals surface area contributed by atoms with Gasteiger partial charge >= 0.3 is 11.9 Å². The van der Waals surface area contributed by atoms with Crippen molar-refractivity contribution in [1.29, 1.82) is 0 Å². The largest absolute Gasteiger partial charge is 0.416 e. The van der Waals surface area contributed by atoms with Gasteiger partial charge < -0.3 is 4.74 Å². The zero-order valence-corrected chi connectivity index (χ0v) is 17.0.